The van der Waals surface area contributed by atoms with Crippen LogP contribution >= 0.6 is 0 Å². The zero-order valence-electron chi connectivity index (χ0n) is 18.3. The van der Waals surface area contributed by atoms with Crippen LogP contribution in [0.15, 0.2) is 35.7 Å². The van der Waals surface area contributed by atoms with E-state index in [0.29, 0.717) is 18.5 Å². The fraction of sp³-hybridized carbons (Fsp3) is 0.348. The van der Waals surface area contributed by atoms with Gasteiger partial charge in [0.2, 0.25) is 11.8 Å². The van der Waals surface area contributed by atoms with E-state index in [1.54, 1.807) is 18.6 Å². The van der Waals surface area contributed by atoms with Crippen LogP contribution in [-0.4, -0.2) is 50.5 Å². The fourth-order valence-electron chi connectivity index (χ4n) is 4.12. The first-order valence-corrected chi connectivity index (χ1v) is 10.5. The van der Waals surface area contributed by atoms with E-state index in [2.05, 4.69) is 15.3 Å². The number of carbonyl (C=O) groups excluding carboxylic acids is 3. The Morgan fingerprint density at radius 1 is 1.31 bits per heavy atom. The second kappa shape index (κ2) is 8.41. The van der Waals surface area contributed by atoms with Crippen molar-refractivity contribution in [3.63, 3.8) is 0 Å². The maximum atomic E-state index is 12.9. The molecule has 3 heterocycles. The first-order valence-electron chi connectivity index (χ1n) is 10.5. The number of aryl methyl sites for hydroxylation is 1. The number of nitrogens with two attached hydrogens (primary N) is 1. The largest absolute Gasteiger partial charge is 0.404 e. The van der Waals surface area contributed by atoms with Gasteiger partial charge in [0, 0.05) is 55.2 Å². The molecule has 0 radical (unpaired) electrons. The molecular weight excluding hydrogens is 408 g/mol. The molecular formula is C23H26N6O3. The Hall–Kier alpha value is -3.75. The van der Waals surface area contributed by atoms with Crippen molar-refractivity contribution in [3.8, 4) is 11.3 Å². The van der Waals surface area contributed by atoms with E-state index >= 15 is 0 Å². The van der Waals surface area contributed by atoms with E-state index in [1.165, 1.54) is 11.1 Å². The summed E-state index contributed by atoms with van der Waals surface area (Å²) in [6, 6.07) is 5.04. The standard InChI is InChI=1S/C23H26N6O3/c1-13(2)25-10-16(9-24)21-20(26-12-28(21)3)14-4-5-17-15(8-14)11-29(23(17)32)18-6-7-19(30)27-22(18)31/h4-5,8-10,12-13,18H,6-7,11,24H2,1-3H3,(H,27,30,31)/b16-9+,25-10?. The molecule has 1 fully saturated rings. The molecule has 9 nitrogen and oxygen atoms in total. The van der Waals surface area contributed by atoms with E-state index < -0.39 is 11.9 Å². The molecule has 166 valence electrons. The summed E-state index contributed by atoms with van der Waals surface area (Å²) >= 11 is 0. The molecule has 1 unspecified atom stereocenters. The average molecular weight is 435 g/mol. The molecule has 2 aliphatic heterocycles. The minimum absolute atomic E-state index is 0.130. The molecule has 3 N–H and O–H groups in total. The van der Waals surface area contributed by atoms with Crippen molar-refractivity contribution >= 4 is 29.5 Å². The molecule has 1 atom stereocenters. The molecule has 2 aromatic rings. The maximum absolute atomic E-state index is 12.9. The van der Waals surface area contributed by atoms with Gasteiger partial charge in [-0.3, -0.25) is 24.7 Å². The lowest BCUT2D eigenvalue weighted by Gasteiger charge is -2.29. The third-order valence-corrected chi connectivity index (χ3v) is 5.70. The zero-order chi connectivity index (χ0) is 23.0. The topological polar surface area (TPSA) is 123 Å². The number of piperidine rings is 1. The summed E-state index contributed by atoms with van der Waals surface area (Å²) in [4.78, 5) is 47.2. The molecule has 3 amide bonds. The second-order valence-electron chi connectivity index (χ2n) is 8.32. The van der Waals surface area contributed by atoms with E-state index in [-0.39, 0.29) is 24.3 Å². The Bertz CT molecular complexity index is 1160. The molecule has 9 heteroatoms. The van der Waals surface area contributed by atoms with Gasteiger partial charge in [-0.25, -0.2) is 4.98 Å². The van der Waals surface area contributed by atoms with Gasteiger partial charge in [0.05, 0.1) is 17.7 Å². The monoisotopic (exact) mass is 434 g/mol. The third-order valence-electron chi connectivity index (χ3n) is 5.70. The van der Waals surface area contributed by atoms with Crippen LogP contribution in [0.5, 0.6) is 0 Å². The van der Waals surface area contributed by atoms with E-state index in [4.69, 9.17) is 5.73 Å². The van der Waals surface area contributed by atoms with Gasteiger partial charge in [0.1, 0.15) is 6.04 Å². The van der Waals surface area contributed by atoms with Gasteiger partial charge in [0.25, 0.3) is 5.91 Å². The quantitative estimate of drug-likeness (QED) is 0.547. The van der Waals surface area contributed by atoms with Gasteiger partial charge in [-0.05, 0) is 38.0 Å². The summed E-state index contributed by atoms with van der Waals surface area (Å²) in [7, 11) is 1.89. The number of aromatic nitrogens is 2. The number of hydrogen-bond acceptors (Lipinski definition) is 6. The number of amides is 3. The smallest absolute Gasteiger partial charge is 0.255 e. The van der Waals surface area contributed by atoms with Gasteiger partial charge in [-0.2, -0.15) is 0 Å². The van der Waals surface area contributed by atoms with Crippen LogP contribution in [0, 0.1) is 0 Å². The molecule has 1 aromatic heterocycles. The third kappa shape index (κ3) is 3.81. The molecule has 1 saturated heterocycles. The highest BCUT2D eigenvalue weighted by Crippen LogP contribution is 2.33. The average Bonchev–Trinajstić information content (AvgIpc) is 3.28. The number of nitrogens with one attached hydrogen (secondary N) is 1. The van der Waals surface area contributed by atoms with Crippen LogP contribution in [0.1, 0.15) is 48.3 Å². The zero-order valence-corrected chi connectivity index (χ0v) is 18.3. The number of nitrogens with zero attached hydrogens (tertiary/aromatic N) is 4. The van der Waals surface area contributed by atoms with Crippen molar-refractivity contribution in [1.29, 1.82) is 0 Å². The van der Waals surface area contributed by atoms with Gasteiger partial charge in [-0.15, -0.1) is 0 Å². The number of benzene rings is 1. The van der Waals surface area contributed by atoms with Gasteiger partial charge >= 0.3 is 0 Å². The van der Waals surface area contributed by atoms with Crippen molar-refractivity contribution in [1.82, 2.24) is 19.8 Å². The number of allylic oxidation sites excluding steroid dienone is 1. The molecule has 0 saturated carbocycles. The Morgan fingerprint density at radius 2 is 2.09 bits per heavy atom. The molecule has 0 aliphatic carbocycles. The minimum Gasteiger partial charge on any atom is -0.404 e. The Balaban J connectivity index is 1.66. The van der Waals surface area contributed by atoms with Crippen LogP contribution in [0.4, 0.5) is 0 Å². The fourth-order valence-corrected chi connectivity index (χ4v) is 4.12. The van der Waals surface area contributed by atoms with E-state index in [1.807, 2.05) is 37.6 Å². The molecule has 1 aromatic carbocycles. The predicted molar refractivity (Wildman–Crippen MR) is 120 cm³/mol. The first kappa shape index (κ1) is 21.5. The molecule has 4 rings (SSSR count). The Labute approximate surface area is 186 Å². The van der Waals surface area contributed by atoms with Gasteiger partial charge in [-0.1, -0.05) is 6.07 Å². The van der Waals surface area contributed by atoms with Crippen LogP contribution < -0.4 is 11.1 Å². The number of fused-ring (bicyclic) bond motifs is 1. The number of carbonyl (C=O) groups is 3. The van der Waals surface area contributed by atoms with E-state index in [0.717, 1.165) is 28.1 Å². The molecule has 2 aliphatic rings. The summed E-state index contributed by atoms with van der Waals surface area (Å²) in [6.45, 7) is 4.28. The molecule has 0 spiro atoms. The number of imidazole rings is 1. The number of imide groups is 1. The maximum Gasteiger partial charge on any atom is 0.255 e. The van der Waals surface area contributed by atoms with Crippen LogP contribution in [-0.2, 0) is 23.2 Å². The van der Waals surface area contributed by atoms with Crippen molar-refractivity contribution < 1.29 is 14.4 Å². The first-order chi connectivity index (χ1) is 15.3. The van der Waals surface area contributed by atoms with Gasteiger partial charge in [0.15, 0.2) is 0 Å². The summed E-state index contributed by atoms with van der Waals surface area (Å²) in [6.07, 6.45) is 5.53. The molecule has 32 heavy (non-hydrogen) atoms. The van der Waals surface area contributed by atoms with Crippen molar-refractivity contribution in [2.75, 3.05) is 0 Å². The molecule has 0 bridgehead atoms. The normalized spacial score (nSPS) is 19.2. The van der Waals surface area contributed by atoms with Crippen LogP contribution in [0.2, 0.25) is 0 Å². The number of rotatable bonds is 5. The highest BCUT2D eigenvalue weighted by Gasteiger charge is 2.39. The highest BCUT2D eigenvalue weighted by atomic mass is 16.2. The van der Waals surface area contributed by atoms with Crippen molar-refractivity contribution in [2.45, 2.75) is 45.3 Å². The van der Waals surface area contributed by atoms with Crippen LogP contribution in [0.25, 0.3) is 16.8 Å². The van der Waals surface area contributed by atoms with Crippen molar-refractivity contribution in [2.24, 2.45) is 17.8 Å². The lowest BCUT2D eigenvalue weighted by atomic mass is 10.0. The lowest BCUT2D eigenvalue weighted by molar-refractivity contribution is -0.136. The number of aliphatic imine (C=N–C) groups is 1. The summed E-state index contributed by atoms with van der Waals surface area (Å²) in [5.41, 5.74) is 10.4. The lowest BCUT2D eigenvalue weighted by Crippen LogP contribution is -2.52. The summed E-state index contributed by atoms with van der Waals surface area (Å²) in [5.74, 6) is -0.921. The summed E-state index contributed by atoms with van der Waals surface area (Å²) in [5, 5.41) is 2.32. The van der Waals surface area contributed by atoms with Gasteiger partial charge < -0.3 is 15.2 Å². The Morgan fingerprint density at radius 3 is 2.78 bits per heavy atom. The van der Waals surface area contributed by atoms with Crippen molar-refractivity contribution in [3.05, 3.63) is 47.5 Å². The predicted octanol–water partition coefficient (Wildman–Crippen LogP) is 1.63. The summed E-state index contributed by atoms with van der Waals surface area (Å²) < 4.78 is 1.88. The van der Waals surface area contributed by atoms with Crippen LogP contribution in [0.3, 0.4) is 0 Å². The SMILES string of the molecule is CC(C)N=C/C(=C\N)c1c(-c2ccc3c(c2)CN(C2CCC(=O)NC2=O)C3=O)ncn1C. The highest BCUT2D eigenvalue weighted by molar-refractivity contribution is 6.11. The number of hydrogen-bond donors (Lipinski definition) is 2. The minimum atomic E-state index is -0.638. The van der Waals surface area contributed by atoms with E-state index in [9.17, 15) is 14.4 Å². The second-order valence-corrected chi connectivity index (χ2v) is 8.32. The Kier molecular flexibility index (Phi) is 5.65.